The Balaban J connectivity index is 2.07. The van der Waals surface area contributed by atoms with Gasteiger partial charge in [0, 0.05) is 26.0 Å². The standard InChI is InChI=1S/C12H20N2O3/c1-2-17-8-6-4-3-5-7-14-10-11(9-13-14)12(15)16/h9-10H,2-8H2,1H3,(H,15,16). The largest absolute Gasteiger partial charge is 0.478 e. The third kappa shape index (κ3) is 5.49. The van der Waals surface area contributed by atoms with Gasteiger partial charge in [0.2, 0.25) is 0 Å². The maximum atomic E-state index is 10.6. The molecule has 0 bridgehead atoms. The van der Waals surface area contributed by atoms with E-state index in [1.807, 2.05) is 6.92 Å². The lowest BCUT2D eigenvalue weighted by Crippen LogP contribution is -1.99. The zero-order valence-corrected chi connectivity index (χ0v) is 10.3. The molecular weight excluding hydrogens is 220 g/mol. The van der Waals surface area contributed by atoms with Gasteiger partial charge in [0.25, 0.3) is 0 Å². The molecule has 0 aliphatic carbocycles. The van der Waals surface area contributed by atoms with Crippen molar-refractivity contribution >= 4 is 5.97 Å². The summed E-state index contributed by atoms with van der Waals surface area (Å²) in [6.45, 7) is 4.40. The number of rotatable bonds is 9. The van der Waals surface area contributed by atoms with E-state index in [4.69, 9.17) is 9.84 Å². The van der Waals surface area contributed by atoms with Gasteiger partial charge in [-0.1, -0.05) is 12.8 Å². The van der Waals surface area contributed by atoms with Gasteiger partial charge in [0.15, 0.2) is 0 Å². The summed E-state index contributed by atoms with van der Waals surface area (Å²) < 4.78 is 6.93. The minimum Gasteiger partial charge on any atom is -0.478 e. The van der Waals surface area contributed by atoms with Crippen LogP contribution in [0.25, 0.3) is 0 Å². The Labute approximate surface area is 101 Å². The van der Waals surface area contributed by atoms with Crippen LogP contribution in [-0.2, 0) is 11.3 Å². The van der Waals surface area contributed by atoms with E-state index in [1.165, 1.54) is 6.20 Å². The summed E-state index contributed by atoms with van der Waals surface area (Å²) in [6.07, 6.45) is 7.34. The number of aromatic nitrogens is 2. The molecular formula is C12H20N2O3. The molecule has 0 unspecified atom stereocenters. The van der Waals surface area contributed by atoms with Crippen molar-refractivity contribution in [3.05, 3.63) is 18.0 Å². The van der Waals surface area contributed by atoms with E-state index in [0.717, 1.165) is 45.4 Å². The Hall–Kier alpha value is -1.36. The van der Waals surface area contributed by atoms with Crippen LogP contribution in [0.4, 0.5) is 0 Å². The monoisotopic (exact) mass is 240 g/mol. The number of aryl methyl sites for hydroxylation is 1. The summed E-state index contributed by atoms with van der Waals surface area (Å²) in [5, 5.41) is 12.7. The molecule has 1 aromatic rings. The first kappa shape index (κ1) is 13.7. The quantitative estimate of drug-likeness (QED) is 0.672. The maximum absolute atomic E-state index is 10.6. The van der Waals surface area contributed by atoms with Crippen LogP contribution in [0.3, 0.4) is 0 Å². The third-order valence-corrected chi connectivity index (χ3v) is 2.51. The number of unbranched alkanes of at least 4 members (excludes halogenated alkanes) is 3. The van der Waals surface area contributed by atoms with Gasteiger partial charge < -0.3 is 9.84 Å². The molecule has 5 heteroatoms. The molecule has 0 spiro atoms. The van der Waals surface area contributed by atoms with E-state index in [1.54, 1.807) is 10.9 Å². The molecule has 0 saturated heterocycles. The summed E-state index contributed by atoms with van der Waals surface area (Å²) in [5.41, 5.74) is 0.251. The van der Waals surface area contributed by atoms with E-state index < -0.39 is 5.97 Å². The normalized spacial score (nSPS) is 10.6. The second-order valence-corrected chi connectivity index (χ2v) is 3.91. The molecule has 0 fully saturated rings. The van der Waals surface area contributed by atoms with Crippen molar-refractivity contribution in [1.29, 1.82) is 0 Å². The number of hydrogen-bond acceptors (Lipinski definition) is 3. The summed E-state index contributed by atoms with van der Waals surface area (Å²) in [5.74, 6) is -0.923. The molecule has 1 heterocycles. The molecule has 0 aliphatic heterocycles. The van der Waals surface area contributed by atoms with Gasteiger partial charge in [-0.25, -0.2) is 4.79 Å². The molecule has 1 aromatic heterocycles. The van der Waals surface area contributed by atoms with Crippen LogP contribution in [0.1, 0.15) is 43.0 Å². The lowest BCUT2D eigenvalue weighted by Gasteiger charge is -2.02. The molecule has 17 heavy (non-hydrogen) atoms. The number of carboxylic acids is 1. The van der Waals surface area contributed by atoms with Gasteiger partial charge in [-0.15, -0.1) is 0 Å². The second kappa shape index (κ2) is 7.84. The zero-order chi connectivity index (χ0) is 12.5. The first-order valence-corrected chi connectivity index (χ1v) is 6.07. The smallest absolute Gasteiger partial charge is 0.338 e. The lowest BCUT2D eigenvalue weighted by atomic mass is 10.2. The van der Waals surface area contributed by atoms with Crippen LogP contribution < -0.4 is 0 Å². The van der Waals surface area contributed by atoms with Crippen molar-refractivity contribution < 1.29 is 14.6 Å². The third-order valence-electron chi connectivity index (χ3n) is 2.51. The predicted octanol–water partition coefficient (Wildman–Crippen LogP) is 2.18. The van der Waals surface area contributed by atoms with Crippen molar-refractivity contribution in [2.45, 2.75) is 39.2 Å². The van der Waals surface area contributed by atoms with Gasteiger partial charge in [0.05, 0.1) is 11.8 Å². The summed E-state index contributed by atoms with van der Waals surface area (Å²) in [6, 6.07) is 0. The maximum Gasteiger partial charge on any atom is 0.338 e. The molecule has 0 amide bonds. The van der Waals surface area contributed by atoms with Gasteiger partial charge in [-0.05, 0) is 19.8 Å². The van der Waals surface area contributed by atoms with Crippen LogP contribution in [0.2, 0.25) is 0 Å². The fourth-order valence-electron chi connectivity index (χ4n) is 1.57. The van der Waals surface area contributed by atoms with Crippen LogP contribution in [-0.4, -0.2) is 34.1 Å². The van der Waals surface area contributed by atoms with Gasteiger partial charge in [-0.3, -0.25) is 4.68 Å². The molecule has 0 radical (unpaired) electrons. The fourth-order valence-corrected chi connectivity index (χ4v) is 1.57. The van der Waals surface area contributed by atoms with Crippen LogP contribution in [0.15, 0.2) is 12.4 Å². The van der Waals surface area contributed by atoms with E-state index >= 15 is 0 Å². The molecule has 5 nitrogen and oxygen atoms in total. The van der Waals surface area contributed by atoms with Crippen molar-refractivity contribution in [3.63, 3.8) is 0 Å². The Morgan fingerprint density at radius 1 is 1.41 bits per heavy atom. The highest BCUT2D eigenvalue weighted by molar-refractivity contribution is 5.86. The number of ether oxygens (including phenoxy) is 1. The lowest BCUT2D eigenvalue weighted by molar-refractivity contribution is 0.0696. The highest BCUT2D eigenvalue weighted by Crippen LogP contribution is 2.04. The SMILES string of the molecule is CCOCCCCCCn1cc(C(=O)O)cn1. The number of aromatic carboxylic acids is 1. The predicted molar refractivity (Wildman–Crippen MR) is 64.1 cm³/mol. The number of carbonyl (C=O) groups is 1. The average molecular weight is 240 g/mol. The van der Waals surface area contributed by atoms with Gasteiger partial charge in [0.1, 0.15) is 0 Å². The molecule has 0 atom stereocenters. The van der Waals surface area contributed by atoms with Gasteiger partial charge in [-0.2, -0.15) is 5.10 Å². The Kier molecular flexibility index (Phi) is 6.32. The number of hydrogen-bond donors (Lipinski definition) is 1. The molecule has 0 aromatic carbocycles. The molecule has 0 saturated carbocycles. The first-order chi connectivity index (χ1) is 8.24. The van der Waals surface area contributed by atoms with E-state index in [-0.39, 0.29) is 5.56 Å². The molecule has 1 N–H and O–H groups in total. The van der Waals surface area contributed by atoms with Gasteiger partial charge >= 0.3 is 5.97 Å². The molecule has 96 valence electrons. The Morgan fingerprint density at radius 2 is 2.18 bits per heavy atom. The fraction of sp³-hybridized carbons (Fsp3) is 0.667. The van der Waals surface area contributed by atoms with Crippen LogP contribution in [0, 0.1) is 0 Å². The minimum atomic E-state index is -0.923. The van der Waals surface area contributed by atoms with E-state index in [0.29, 0.717) is 0 Å². The highest BCUT2D eigenvalue weighted by Gasteiger charge is 2.04. The number of carboxylic acid groups (broad SMARTS) is 1. The Morgan fingerprint density at radius 3 is 2.82 bits per heavy atom. The first-order valence-electron chi connectivity index (χ1n) is 6.07. The average Bonchev–Trinajstić information content (AvgIpc) is 2.77. The van der Waals surface area contributed by atoms with Crippen molar-refractivity contribution in [1.82, 2.24) is 9.78 Å². The van der Waals surface area contributed by atoms with E-state index in [9.17, 15) is 4.79 Å². The van der Waals surface area contributed by atoms with Crippen molar-refractivity contribution in [2.75, 3.05) is 13.2 Å². The summed E-state index contributed by atoms with van der Waals surface area (Å²) >= 11 is 0. The Bertz CT molecular complexity index is 336. The highest BCUT2D eigenvalue weighted by atomic mass is 16.5. The minimum absolute atomic E-state index is 0.251. The molecule has 1 rings (SSSR count). The number of nitrogens with zero attached hydrogens (tertiary/aromatic N) is 2. The van der Waals surface area contributed by atoms with E-state index in [2.05, 4.69) is 5.10 Å². The van der Waals surface area contributed by atoms with Crippen LogP contribution >= 0.6 is 0 Å². The van der Waals surface area contributed by atoms with Crippen molar-refractivity contribution in [2.24, 2.45) is 0 Å². The summed E-state index contributed by atoms with van der Waals surface area (Å²) in [4.78, 5) is 10.6. The van der Waals surface area contributed by atoms with Crippen LogP contribution in [0.5, 0.6) is 0 Å². The molecule has 0 aliphatic rings. The second-order valence-electron chi connectivity index (χ2n) is 3.91. The zero-order valence-electron chi connectivity index (χ0n) is 10.3. The summed E-state index contributed by atoms with van der Waals surface area (Å²) in [7, 11) is 0. The van der Waals surface area contributed by atoms with Crippen molar-refractivity contribution in [3.8, 4) is 0 Å². The topological polar surface area (TPSA) is 64.3 Å².